The number of halogens is 1. The van der Waals surface area contributed by atoms with Crippen molar-refractivity contribution in [3.05, 3.63) is 84.1 Å². The number of imidazole rings is 1. The number of hydrogen-bond donors (Lipinski definition) is 1. The van der Waals surface area contributed by atoms with E-state index < -0.39 is 0 Å². The third-order valence-corrected chi connectivity index (χ3v) is 5.85. The van der Waals surface area contributed by atoms with Crippen LogP contribution in [-0.4, -0.2) is 56.5 Å². The molecule has 0 saturated carbocycles. The van der Waals surface area contributed by atoms with Crippen LogP contribution in [0.2, 0.25) is 0 Å². The van der Waals surface area contributed by atoms with Crippen LogP contribution < -0.4 is 5.32 Å². The van der Waals surface area contributed by atoms with Crippen LogP contribution in [0.25, 0.3) is 16.9 Å². The number of nitrogens with zero attached hydrogens (tertiary/aromatic N) is 5. The molecule has 168 valence electrons. The van der Waals surface area contributed by atoms with E-state index in [2.05, 4.69) is 44.9 Å². The number of pyridine rings is 1. The topological polar surface area (TPSA) is 66.3 Å². The van der Waals surface area contributed by atoms with E-state index in [1.807, 2.05) is 18.2 Å². The van der Waals surface area contributed by atoms with Gasteiger partial charge < -0.3 is 10.2 Å². The van der Waals surface area contributed by atoms with Gasteiger partial charge in [0.2, 0.25) is 0 Å². The molecular formula is C25H25FN6O. The molecule has 2 amide bonds. The van der Waals surface area contributed by atoms with Crippen molar-refractivity contribution in [1.82, 2.24) is 24.3 Å². The molecule has 0 spiro atoms. The smallest absolute Gasteiger partial charge is 0.321 e. The monoisotopic (exact) mass is 444 g/mol. The van der Waals surface area contributed by atoms with E-state index in [-0.39, 0.29) is 11.8 Å². The Morgan fingerprint density at radius 2 is 1.85 bits per heavy atom. The summed E-state index contributed by atoms with van der Waals surface area (Å²) in [6.45, 7) is 5.35. The first-order valence-electron chi connectivity index (χ1n) is 11.0. The Morgan fingerprint density at radius 1 is 1.03 bits per heavy atom. The number of aromatic nitrogens is 3. The second-order valence-electron chi connectivity index (χ2n) is 8.25. The number of hydrogen-bond acceptors (Lipinski definition) is 4. The number of piperazine rings is 1. The first-order chi connectivity index (χ1) is 16.1. The van der Waals surface area contributed by atoms with Gasteiger partial charge in [-0.3, -0.25) is 9.47 Å². The third kappa shape index (κ3) is 4.56. The van der Waals surface area contributed by atoms with E-state index in [1.165, 1.54) is 17.7 Å². The number of carbonyl (C=O) groups excluding carboxylic acids is 1. The Kier molecular flexibility index (Phi) is 5.75. The Bertz CT molecular complexity index is 1300. The highest BCUT2D eigenvalue weighted by molar-refractivity contribution is 5.89. The summed E-state index contributed by atoms with van der Waals surface area (Å²) in [5, 5.41) is 2.77. The van der Waals surface area contributed by atoms with Gasteiger partial charge in [0, 0.05) is 43.8 Å². The molecule has 2 aromatic heterocycles. The van der Waals surface area contributed by atoms with Crippen LogP contribution in [0.1, 0.15) is 11.4 Å². The molecule has 0 aliphatic carbocycles. The van der Waals surface area contributed by atoms with E-state index in [9.17, 15) is 9.18 Å². The van der Waals surface area contributed by atoms with Crippen molar-refractivity contribution in [2.45, 2.75) is 13.5 Å². The predicted molar refractivity (Wildman–Crippen MR) is 126 cm³/mol. The lowest BCUT2D eigenvalue weighted by atomic mass is 10.2. The highest BCUT2D eigenvalue weighted by atomic mass is 19.1. The summed E-state index contributed by atoms with van der Waals surface area (Å²) in [6, 6.07) is 17.9. The predicted octanol–water partition coefficient (Wildman–Crippen LogP) is 4.22. The molecule has 1 saturated heterocycles. The van der Waals surface area contributed by atoms with E-state index in [4.69, 9.17) is 4.98 Å². The Morgan fingerprint density at radius 3 is 2.64 bits per heavy atom. The third-order valence-electron chi connectivity index (χ3n) is 5.85. The minimum absolute atomic E-state index is 0.212. The molecule has 1 N–H and O–H groups in total. The maximum Gasteiger partial charge on any atom is 0.321 e. The molecule has 33 heavy (non-hydrogen) atoms. The highest BCUT2D eigenvalue weighted by Gasteiger charge is 2.23. The molecule has 1 aliphatic heterocycles. The molecule has 7 nitrogen and oxygen atoms in total. The van der Waals surface area contributed by atoms with Crippen molar-refractivity contribution < 1.29 is 9.18 Å². The van der Waals surface area contributed by atoms with Crippen molar-refractivity contribution in [2.75, 3.05) is 31.5 Å². The Hall–Kier alpha value is -3.78. The fourth-order valence-corrected chi connectivity index (χ4v) is 4.18. The molecular weight excluding hydrogens is 419 g/mol. The number of rotatable bonds is 4. The first kappa shape index (κ1) is 21.1. The van der Waals surface area contributed by atoms with E-state index in [1.54, 1.807) is 23.2 Å². The van der Waals surface area contributed by atoms with E-state index in [0.29, 0.717) is 25.3 Å². The largest absolute Gasteiger partial charge is 0.322 e. The average molecular weight is 445 g/mol. The molecule has 0 radical (unpaired) electrons. The number of aryl methyl sites for hydroxylation is 1. The summed E-state index contributed by atoms with van der Waals surface area (Å²) < 4.78 is 15.5. The molecule has 1 aliphatic rings. The van der Waals surface area contributed by atoms with Gasteiger partial charge in [-0.1, -0.05) is 18.2 Å². The first-order valence-corrected chi connectivity index (χ1v) is 11.0. The number of amides is 2. The highest BCUT2D eigenvalue weighted by Crippen LogP contribution is 2.22. The lowest BCUT2D eigenvalue weighted by Gasteiger charge is -2.34. The van der Waals surface area contributed by atoms with E-state index >= 15 is 0 Å². The van der Waals surface area contributed by atoms with Gasteiger partial charge in [-0.2, -0.15) is 0 Å². The number of anilines is 1. The normalized spacial score (nSPS) is 14.5. The van der Waals surface area contributed by atoms with Crippen LogP contribution in [0.3, 0.4) is 0 Å². The Labute approximate surface area is 191 Å². The zero-order valence-corrected chi connectivity index (χ0v) is 18.4. The quantitative estimate of drug-likeness (QED) is 0.512. The lowest BCUT2D eigenvalue weighted by Crippen LogP contribution is -2.49. The van der Waals surface area contributed by atoms with Crippen molar-refractivity contribution in [3.8, 4) is 5.69 Å². The minimum Gasteiger partial charge on any atom is -0.322 e. The Balaban J connectivity index is 1.30. The molecule has 5 rings (SSSR count). The number of urea groups is 1. The second kappa shape index (κ2) is 8.99. The SMILES string of the molecule is Cc1cccc(-n2c(CN3CCN(C(=O)Nc4cccc(F)c4)CC3)nc3cccnc32)c1. The fraction of sp³-hybridized carbons (Fsp3) is 0.240. The van der Waals surface area contributed by atoms with Gasteiger partial charge in [-0.15, -0.1) is 0 Å². The average Bonchev–Trinajstić information content (AvgIpc) is 3.17. The molecule has 1 fully saturated rings. The van der Waals surface area contributed by atoms with E-state index in [0.717, 1.165) is 35.8 Å². The van der Waals surface area contributed by atoms with Gasteiger partial charge in [0.25, 0.3) is 0 Å². The van der Waals surface area contributed by atoms with Crippen LogP contribution in [0, 0.1) is 12.7 Å². The van der Waals surface area contributed by atoms with Crippen molar-refractivity contribution in [3.63, 3.8) is 0 Å². The molecule has 2 aromatic carbocycles. The summed E-state index contributed by atoms with van der Waals surface area (Å²) in [4.78, 5) is 26.1. The number of benzene rings is 2. The van der Waals surface area contributed by atoms with Gasteiger partial charge in [0.15, 0.2) is 5.65 Å². The number of carbonyl (C=O) groups is 1. The lowest BCUT2D eigenvalue weighted by molar-refractivity contribution is 0.140. The van der Waals surface area contributed by atoms with Crippen LogP contribution in [-0.2, 0) is 6.54 Å². The molecule has 0 atom stereocenters. The minimum atomic E-state index is -0.372. The standard InChI is InChI=1S/C25H25FN6O/c1-18-5-2-8-21(15-18)32-23(29-22-9-4-10-27-24(22)32)17-30-11-13-31(14-12-30)25(33)28-20-7-3-6-19(26)16-20/h2-10,15-16H,11-14,17H2,1H3,(H,28,33). The molecule has 3 heterocycles. The maximum atomic E-state index is 13.4. The summed E-state index contributed by atoms with van der Waals surface area (Å²) in [6.07, 6.45) is 1.79. The second-order valence-corrected chi connectivity index (χ2v) is 8.25. The summed E-state index contributed by atoms with van der Waals surface area (Å²) >= 11 is 0. The van der Waals surface area contributed by atoms with Crippen LogP contribution in [0.15, 0.2) is 66.9 Å². The fourth-order valence-electron chi connectivity index (χ4n) is 4.18. The molecule has 0 unspecified atom stereocenters. The van der Waals surface area contributed by atoms with Crippen molar-refractivity contribution in [1.29, 1.82) is 0 Å². The van der Waals surface area contributed by atoms with Crippen molar-refractivity contribution >= 4 is 22.9 Å². The summed E-state index contributed by atoms with van der Waals surface area (Å²) in [7, 11) is 0. The number of fused-ring (bicyclic) bond motifs is 1. The van der Waals surface area contributed by atoms with Gasteiger partial charge in [-0.05, 0) is 55.0 Å². The molecule has 0 bridgehead atoms. The van der Waals surface area contributed by atoms with Gasteiger partial charge in [-0.25, -0.2) is 19.2 Å². The zero-order valence-electron chi connectivity index (χ0n) is 18.4. The van der Waals surface area contributed by atoms with Gasteiger partial charge in [0.1, 0.15) is 17.2 Å². The van der Waals surface area contributed by atoms with Crippen LogP contribution in [0.5, 0.6) is 0 Å². The van der Waals surface area contributed by atoms with Crippen molar-refractivity contribution in [2.24, 2.45) is 0 Å². The maximum absolute atomic E-state index is 13.4. The van der Waals surface area contributed by atoms with Crippen LogP contribution in [0.4, 0.5) is 14.9 Å². The van der Waals surface area contributed by atoms with Gasteiger partial charge >= 0.3 is 6.03 Å². The zero-order chi connectivity index (χ0) is 22.8. The number of nitrogens with one attached hydrogen (secondary N) is 1. The van der Waals surface area contributed by atoms with Crippen LogP contribution >= 0.6 is 0 Å². The molecule has 4 aromatic rings. The summed E-state index contributed by atoms with van der Waals surface area (Å²) in [5.74, 6) is 0.551. The molecule has 8 heteroatoms. The van der Waals surface area contributed by atoms with Gasteiger partial charge in [0.05, 0.1) is 6.54 Å². The summed E-state index contributed by atoms with van der Waals surface area (Å²) in [5.41, 5.74) is 4.38.